The van der Waals surface area contributed by atoms with Crippen LogP contribution in [-0.4, -0.2) is 27.4 Å². The summed E-state index contributed by atoms with van der Waals surface area (Å²) in [6.07, 6.45) is 2.79. The van der Waals surface area contributed by atoms with Crippen molar-refractivity contribution in [2.75, 3.05) is 6.26 Å². The molecule has 4 nitrogen and oxygen atoms in total. The lowest BCUT2D eigenvalue weighted by Crippen LogP contribution is -2.34. The Balaban J connectivity index is 2.11. The lowest BCUT2D eigenvalue weighted by molar-refractivity contribution is -0.121. The molecule has 0 saturated carbocycles. The standard InChI is InChI=1S/C14H19N3OS/c1-4-12(19-3)14(18)15-9(2)13-16-10-7-5-6-8-11(10)17-13/h5-9,12H,4H2,1-3H3,(H,15,18)(H,16,17)/t9-,12-/m0/s1. The number of para-hydroxylation sites is 2. The Morgan fingerprint density at radius 3 is 2.84 bits per heavy atom. The molecule has 0 radical (unpaired) electrons. The van der Waals surface area contributed by atoms with Crippen LogP contribution < -0.4 is 5.32 Å². The third kappa shape index (κ3) is 3.10. The number of amides is 1. The number of aromatic amines is 1. The van der Waals surface area contributed by atoms with E-state index in [2.05, 4.69) is 15.3 Å². The minimum Gasteiger partial charge on any atom is -0.345 e. The quantitative estimate of drug-likeness (QED) is 0.883. The van der Waals surface area contributed by atoms with E-state index in [1.807, 2.05) is 44.4 Å². The van der Waals surface area contributed by atoms with Gasteiger partial charge < -0.3 is 10.3 Å². The summed E-state index contributed by atoms with van der Waals surface area (Å²) < 4.78 is 0. The van der Waals surface area contributed by atoms with Gasteiger partial charge in [-0.25, -0.2) is 4.98 Å². The number of benzene rings is 1. The molecule has 2 atom stereocenters. The molecule has 0 aliphatic carbocycles. The fourth-order valence-corrected chi connectivity index (χ4v) is 2.63. The van der Waals surface area contributed by atoms with Gasteiger partial charge in [0.2, 0.25) is 5.91 Å². The number of fused-ring (bicyclic) bond motifs is 1. The van der Waals surface area contributed by atoms with Gasteiger partial charge in [-0.05, 0) is 31.7 Å². The number of nitrogens with one attached hydrogen (secondary N) is 2. The smallest absolute Gasteiger partial charge is 0.233 e. The lowest BCUT2D eigenvalue weighted by atomic mass is 10.2. The van der Waals surface area contributed by atoms with Gasteiger partial charge in [-0.3, -0.25) is 4.79 Å². The number of rotatable bonds is 5. The molecule has 19 heavy (non-hydrogen) atoms. The highest BCUT2D eigenvalue weighted by Crippen LogP contribution is 2.17. The molecule has 2 aromatic rings. The van der Waals surface area contributed by atoms with Gasteiger partial charge >= 0.3 is 0 Å². The highest BCUT2D eigenvalue weighted by atomic mass is 32.2. The molecule has 0 unspecified atom stereocenters. The van der Waals surface area contributed by atoms with Crippen LogP contribution >= 0.6 is 11.8 Å². The van der Waals surface area contributed by atoms with E-state index >= 15 is 0 Å². The molecule has 0 aliphatic rings. The second-order valence-corrected chi connectivity index (χ2v) is 5.54. The number of carbonyl (C=O) groups is 1. The third-order valence-electron chi connectivity index (χ3n) is 3.12. The van der Waals surface area contributed by atoms with Crippen molar-refractivity contribution < 1.29 is 4.79 Å². The number of aromatic nitrogens is 2. The minimum absolute atomic E-state index is 0.00632. The normalized spacial score (nSPS) is 14.3. The van der Waals surface area contributed by atoms with Gasteiger partial charge in [0.1, 0.15) is 5.82 Å². The average molecular weight is 277 g/mol. The van der Waals surface area contributed by atoms with Crippen LogP contribution in [0.3, 0.4) is 0 Å². The molecule has 1 heterocycles. The van der Waals surface area contributed by atoms with Crippen LogP contribution in [0.5, 0.6) is 0 Å². The fraction of sp³-hybridized carbons (Fsp3) is 0.429. The summed E-state index contributed by atoms with van der Waals surface area (Å²) >= 11 is 1.58. The first kappa shape index (κ1) is 13.9. The van der Waals surface area contributed by atoms with Crippen molar-refractivity contribution in [3.8, 4) is 0 Å². The molecule has 0 fully saturated rings. The number of thioether (sulfide) groups is 1. The summed E-state index contributed by atoms with van der Waals surface area (Å²) in [6.45, 7) is 3.97. The predicted molar refractivity (Wildman–Crippen MR) is 80.2 cm³/mol. The predicted octanol–water partition coefficient (Wildman–Crippen LogP) is 2.88. The van der Waals surface area contributed by atoms with E-state index in [-0.39, 0.29) is 17.2 Å². The highest BCUT2D eigenvalue weighted by Gasteiger charge is 2.19. The maximum atomic E-state index is 12.0. The molecule has 2 N–H and O–H groups in total. The number of hydrogen-bond acceptors (Lipinski definition) is 3. The largest absolute Gasteiger partial charge is 0.345 e. The first-order valence-electron chi connectivity index (χ1n) is 6.43. The third-order valence-corrected chi connectivity index (χ3v) is 4.24. The van der Waals surface area contributed by atoms with E-state index in [4.69, 9.17) is 0 Å². The molecule has 0 bridgehead atoms. The Labute approximate surface area is 117 Å². The lowest BCUT2D eigenvalue weighted by Gasteiger charge is -2.16. The average Bonchev–Trinajstić information content (AvgIpc) is 2.84. The number of imidazole rings is 1. The molecule has 5 heteroatoms. The Hall–Kier alpha value is -1.49. The van der Waals surface area contributed by atoms with Gasteiger partial charge in [0.25, 0.3) is 0 Å². The van der Waals surface area contributed by atoms with Crippen LogP contribution in [0.25, 0.3) is 11.0 Å². The molecule has 1 aromatic carbocycles. The topological polar surface area (TPSA) is 57.8 Å². The van der Waals surface area contributed by atoms with Crippen LogP contribution in [0.15, 0.2) is 24.3 Å². The van der Waals surface area contributed by atoms with Crippen LogP contribution in [0.2, 0.25) is 0 Å². The van der Waals surface area contributed by atoms with E-state index < -0.39 is 0 Å². The van der Waals surface area contributed by atoms with Crippen LogP contribution in [0.1, 0.15) is 32.1 Å². The molecule has 1 aromatic heterocycles. The monoisotopic (exact) mass is 277 g/mol. The molecule has 0 spiro atoms. The SMILES string of the molecule is CC[C@H](SC)C(=O)N[C@@H](C)c1nc2ccccc2[nH]1. The second-order valence-electron chi connectivity index (χ2n) is 4.50. The van der Waals surface area contributed by atoms with Crippen molar-refractivity contribution in [3.63, 3.8) is 0 Å². The second kappa shape index (κ2) is 6.10. The molecular formula is C14H19N3OS. The van der Waals surface area contributed by atoms with E-state index in [1.54, 1.807) is 11.8 Å². The Bertz CT molecular complexity index is 530. The van der Waals surface area contributed by atoms with E-state index in [1.165, 1.54) is 0 Å². The van der Waals surface area contributed by atoms with Crippen molar-refractivity contribution in [2.45, 2.75) is 31.6 Å². The number of carbonyl (C=O) groups excluding carboxylic acids is 1. The summed E-state index contributed by atoms with van der Waals surface area (Å²) in [7, 11) is 0. The minimum atomic E-state index is -0.110. The zero-order valence-corrected chi connectivity index (χ0v) is 12.3. The fourth-order valence-electron chi connectivity index (χ4n) is 2.01. The zero-order chi connectivity index (χ0) is 13.8. The van der Waals surface area contributed by atoms with Crippen LogP contribution in [0.4, 0.5) is 0 Å². The van der Waals surface area contributed by atoms with Crippen molar-refractivity contribution in [2.24, 2.45) is 0 Å². The molecular weight excluding hydrogens is 258 g/mol. The van der Waals surface area contributed by atoms with E-state index in [0.717, 1.165) is 23.3 Å². The van der Waals surface area contributed by atoms with Gasteiger partial charge in [-0.15, -0.1) is 0 Å². The van der Waals surface area contributed by atoms with Gasteiger partial charge in [-0.1, -0.05) is 19.1 Å². The number of nitrogens with zero attached hydrogens (tertiary/aromatic N) is 1. The van der Waals surface area contributed by atoms with Crippen molar-refractivity contribution in [1.29, 1.82) is 0 Å². The summed E-state index contributed by atoms with van der Waals surface area (Å²) in [5.41, 5.74) is 1.92. The summed E-state index contributed by atoms with van der Waals surface area (Å²) in [4.78, 5) is 19.8. The van der Waals surface area contributed by atoms with Gasteiger partial charge in [0, 0.05) is 0 Å². The van der Waals surface area contributed by atoms with Gasteiger partial charge in [0.05, 0.1) is 22.3 Å². The zero-order valence-electron chi connectivity index (χ0n) is 11.4. The first-order chi connectivity index (χ1) is 9.15. The van der Waals surface area contributed by atoms with Crippen molar-refractivity contribution in [1.82, 2.24) is 15.3 Å². The molecule has 0 saturated heterocycles. The summed E-state index contributed by atoms with van der Waals surface area (Å²) in [5, 5.41) is 3.01. The summed E-state index contributed by atoms with van der Waals surface area (Å²) in [6, 6.07) is 7.75. The number of hydrogen-bond donors (Lipinski definition) is 2. The molecule has 2 rings (SSSR count). The Morgan fingerprint density at radius 2 is 2.21 bits per heavy atom. The first-order valence-corrected chi connectivity index (χ1v) is 7.72. The van der Waals surface area contributed by atoms with Crippen molar-refractivity contribution in [3.05, 3.63) is 30.1 Å². The van der Waals surface area contributed by atoms with E-state index in [9.17, 15) is 4.79 Å². The molecule has 0 aliphatic heterocycles. The maximum Gasteiger partial charge on any atom is 0.233 e. The van der Waals surface area contributed by atoms with Gasteiger partial charge in [0.15, 0.2) is 0 Å². The Morgan fingerprint density at radius 1 is 1.47 bits per heavy atom. The van der Waals surface area contributed by atoms with Crippen LogP contribution in [-0.2, 0) is 4.79 Å². The molecule has 1 amide bonds. The Kier molecular flexibility index (Phi) is 4.47. The van der Waals surface area contributed by atoms with Crippen LogP contribution in [0, 0.1) is 0 Å². The molecule has 102 valence electrons. The highest BCUT2D eigenvalue weighted by molar-refractivity contribution is 7.99. The van der Waals surface area contributed by atoms with Gasteiger partial charge in [-0.2, -0.15) is 11.8 Å². The number of H-pyrrole nitrogens is 1. The van der Waals surface area contributed by atoms with E-state index in [0.29, 0.717) is 0 Å². The summed E-state index contributed by atoms with van der Waals surface area (Å²) in [5.74, 6) is 0.869. The maximum absolute atomic E-state index is 12.0. The van der Waals surface area contributed by atoms with Crippen molar-refractivity contribution >= 4 is 28.7 Å².